The summed E-state index contributed by atoms with van der Waals surface area (Å²) in [5, 5.41) is 0.399. The fraction of sp³-hybridized carbons (Fsp3) is 0.0714. The number of ether oxygens (including phenoxy) is 1. The maximum Gasteiger partial charge on any atom is 0.573 e. The Labute approximate surface area is 144 Å². The molecule has 0 aliphatic rings. The minimum absolute atomic E-state index is 0.290. The van der Waals surface area contributed by atoms with E-state index in [0.717, 1.165) is 24.3 Å². The summed E-state index contributed by atoms with van der Waals surface area (Å²) < 4.78 is 71.8. The van der Waals surface area contributed by atoms with Gasteiger partial charge in [-0.2, -0.15) is 4.98 Å². The van der Waals surface area contributed by atoms with E-state index in [1.165, 1.54) is 12.1 Å². The lowest BCUT2D eigenvalue weighted by Crippen LogP contribution is -2.17. The van der Waals surface area contributed by atoms with E-state index in [0.29, 0.717) is 16.1 Å². The van der Waals surface area contributed by atoms with Crippen molar-refractivity contribution in [3.63, 3.8) is 0 Å². The summed E-state index contributed by atoms with van der Waals surface area (Å²) in [6.07, 6.45) is -4.86. The monoisotopic (exact) mass is 392 g/mol. The first-order valence-corrected chi connectivity index (χ1v) is 8.43. The molecule has 0 aliphatic heterocycles. The predicted octanol–water partition coefficient (Wildman–Crippen LogP) is 4.18. The second kappa shape index (κ2) is 6.12. The first-order valence-electron chi connectivity index (χ1n) is 6.57. The molecular weight excluding hydrogens is 385 g/mol. The number of halogens is 4. The fourth-order valence-corrected chi connectivity index (χ4v) is 3.03. The lowest BCUT2D eigenvalue weighted by molar-refractivity contribution is -0.274. The summed E-state index contributed by atoms with van der Waals surface area (Å²) in [5.41, 5.74) is 0.662. The Kier molecular flexibility index (Phi) is 4.25. The van der Waals surface area contributed by atoms with Gasteiger partial charge in [0.2, 0.25) is 0 Å². The summed E-state index contributed by atoms with van der Waals surface area (Å²) in [6, 6.07) is 7.95. The molecular formula is C14H8ClF3N2O4S. The first-order chi connectivity index (χ1) is 11.6. The van der Waals surface area contributed by atoms with Gasteiger partial charge in [-0.1, -0.05) is 11.6 Å². The summed E-state index contributed by atoms with van der Waals surface area (Å²) in [7, 11) is -4.11. The van der Waals surface area contributed by atoms with Gasteiger partial charge in [0.05, 0.1) is 4.90 Å². The Morgan fingerprint density at radius 2 is 1.80 bits per heavy atom. The molecule has 11 heteroatoms. The van der Waals surface area contributed by atoms with E-state index in [9.17, 15) is 21.6 Å². The molecule has 3 rings (SSSR count). The largest absolute Gasteiger partial charge is 0.573 e. The molecule has 1 heterocycles. The zero-order valence-electron chi connectivity index (χ0n) is 12.0. The SMILES string of the molecule is O=S(=O)(Nc1nc2cc(Cl)ccc2o1)c1ccc(OC(F)(F)F)cc1. The fourth-order valence-electron chi connectivity index (χ4n) is 1.94. The van der Waals surface area contributed by atoms with E-state index in [-0.39, 0.29) is 10.9 Å². The molecule has 3 aromatic rings. The second-order valence-electron chi connectivity index (χ2n) is 4.76. The zero-order chi connectivity index (χ0) is 18.2. The van der Waals surface area contributed by atoms with Gasteiger partial charge in [-0.05, 0) is 42.5 Å². The number of fused-ring (bicyclic) bond motifs is 1. The molecule has 1 aromatic heterocycles. The van der Waals surface area contributed by atoms with Crippen LogP contribution in [-0.2, 0) is 10.0 Å². The molecule has 6 nitrogen and oxygen atoms in total. The van der Waals surface area contributed by atoms with Gasteiger partial charge in [0.1, 0.15) is 11.3 Å². The summed E-state index contributed by atoms with van der Waals surface area (Å²) in [6.45, 7) is 0. The van der Waals surface area contributed by atoms with Gasteiger partial charge < -0.3 is 9.15 Å². The molecule has 0 saturated heterocycles. The number of nitrogens with zero attached hydrogens (tertiary/aromatic N) is 1. The summed E-state index contributed by atoms with van der Waals surface area (Å²) in [5.74, 6) is -0.539. The highest BCUT2D eigenvalue weighted by Gasteiger charge is 2.31. The molecule has 0 atom stereocenters. The van der Waals surface area contributed by atoms with Crippen molar-refractivity contribution in [2.75, 3.05) is 4.72 Å². The van der Waals surface area contributed by atoms with E-state index < -0.39 is 22.1 Å². The quantitative estimate of drug-likeness (QED) is 0.720. The Hall–Kier alpha value is -2.46. The van der Waals surface area contributed by atoms with Crippen LogP contribution in [0, 0.1) is 0 Å². The number of hydrogen-bond donors (Lipinski definition) is 1. The van der Waals surface area contributed by atoms with E-state index in [1.54, 1.807) is 6.07 Å². The Bertz CT molecular complexity index is 1020. The molecule has 2 aromatic carbocycles. The van der Waals surface area contributed by atoms with E-state index in [1.807, 2.05) is 0 Å². The van der Waals surface area contributed by atoms with Gasteiger partial charge in [0.25, 0.3) is 10.0 Å². The van der Waals surface area contributed by atoms with Crippen LogP contribution >= 0.6 is 11.6 Å². The number of nitrogens with one attached hydrogen (secondary N) is 1. The smallest absolute Gasteiger partial charge is 0.423 e. The summed E-state index contributed by atoms with van der Waals surface area (Å²) >= 11 is 5.81. The van der Waals surface area contributed by atoms with E-state index in [4.69, 9.17) is 16.0 Å². The highest BCUT2D eigenvalue weighted by Crippen LogP contribution is 2.26. The van der Waals surface area contributed by atoms with Crippen molar-refractivity contribution in [3.8, 4) is 5.75 Å². The molecule has 0 unspecified atom stereocenters. The van der Waals surface area contributed by atoms with Crippen LogP contribution in [-0.4, -0.2) is 19.8 Å². The van der Waals surface area contributed by atoms with E-state index >= 15 is 0 Å². The van der Waals surface area contributed by atoms with Crippen LogP contribution in [0.15, 0.2) is 51.8 Å². The Morgan fingerprint density at radius 3 is 2.44 bits per heavy atom. The van der Waals surface area contributed by atoms with Crippen molar-refractivity contribution in [2.24, 2.45) is 0 Å². The number of benzene rings is 2. The average molecular weight is 393 g/mol. The average Bonchev–Trinajstić information content (AvgIpc) is 2.86. The van der Waals surface area contributed by atoms with Crippen LogP contribution in [0.2, 0.25) is 5.02 Å². The number of anilines is 1. The molecule has 1 N–H and O–H groups in total. The third kappa shape index (κ3) is 4.15. The van der Waals surface area contributed by atoms with Crippen molar-refractivity contribution >= 4 is 38.7 Å². The topological polar surface area (TPSA) is 81.4 Å². The van der Waals surface area contributed by atoms with E-state index in [2.05, 4.69) is 14.4 Å². The van der Waals surface area contributed by atoms with Crippen LogP contribution in [0.25, 0.3) is 11.1 Å². The molecule has 0 fully saturated rings. The van der Waals surface area contributed by atoms with Gasteiger partial charge >= 0.3 is 12.4 Å². The molecule has 132 valence electrons. The third-order valence-corrected chi connectivity index (χ3v) is 4.51. The molecule has 0 aliphatic carbocycles. The molecule has 25 heavy (non-hydrogen) atoms. The minimum Gasteiger partial charge on any atom is -0.423 e. The molecule has 0 radical (unpaired) electrons. The maximum absolute atomic E-state index is 12.2. The van der Waals surface area contributed by atoms with Gasteiger partial charge in [0, 0.05) is 5.02 Å². The zero-order valence-corrected chi connectivity index (χ0v) is 13.6. The Morgan fingerprint density at radius 1 is 1.12 bits per heavy atom. The summed E-state index contributed by atoms with van der Waals surface area (Å²) in [4.78, 5) is 3.65. The number of aromatic nitrogens is 1. The highest BCUT2D eigenvalue weighted by atomic mass is 35.5. The van der Waals surface area contributed by atoms with Crippen LogP contribution in [0.4, 0.5) is 19.2 Å². The molecule has 0 amide bonds. The van der Waals surface area contributed by atoms with Gasteiger partial charge in [-0.3, -0.25) is 0 Å². The van der Waals surface area contributed by atoms with Gasteiger partial charge in [0.15, 0.2) is 5.58 Å². The van der Waals surface area contributed by atoms with Crippen molar-refractivity contribution in [1.82, 2.24) is 4.98 Å². The van der Waals surface area contributed by atoms with Crippen LogP contribution in [0.1, 0.15) is 0 Å². The third-order valence-electron chi connectivity index (χ3n) is 2.94. The molecule has 0 spiro atoms. The number of hydrogen-bond acceptors (Lipinski definition) is 5. The first kappa shape index (κ1) is 17.4. The lowest BCUT2D eigenvalue weighted by atomic mass is 10.3. The van der Waals surface area contributed by atoms with Crippen molar-refractivity contribution in [1.29, 1.82) is 0 Å². The second-order valence-corrected chi connectivity index (χ2v) is 6.87. The van der Waals surface area contributed by atoms with Gasteiger partial charge in [-0.15, -0.1) is 13.2 Å². The predicted molar refractivity (Wildman–Crippen MR) is 83.0 cm³/mol. The molecule has 0 bridgehead atoms. The van der Waals surface area contributed by atoms with Crippen LogP contribution < -0.4 is 9.46 Å². The molecule has 0 saturated carbocycles. The standard InChI is InChI=1S/C14H8ClF3N2O4S/c15-8-1-6-12-11(7-8)19-13(23-12)20-25(21,22)10-4-2-9(3-5-10)24-14(16,17)18/h1-7H,(H,19,20). The Balaban J connectivity index is 1.83. The van der Waals surface area contributed by atoms with Crippen LogP contribution in [0.5, 0.6) is 5.75 Å². The van der Waals surface area contributed by atoms with Gasteiger partial charge in [-0.25, -0.2) is 13.1 Å². The van der Waals surface area contributed by atoms with Crippen molar-refractivity contribution in [2.45, 2.75) is 11.3 Å². The van der Waals surface area contributed by atoms with Crippen molar-refractivity contribution < 1.29 is 30.7 Å². The highest BCUT2D eigenvalue weighted by molar-refractivity contribution is 7.92. The normalized spacial score (nSPS) is 12.3. The number of oxazole rings is 1. The van der Waals surface area contributed by atoms with Crippen molar-refractivity contribution in [3.05, 3.63) is 47.5 Å². The number of alkyl halides is 3. The lowest BCUT2D eigenvalue weighted by Gasteiger charge is -2.09. The van der Waals surface area contributed by atoms with Crippen LogP contribution in [0.3, 0.4) is 0 Å². The number of sulfonamides is 1. The maximum atomic E-state index is 12.2. The minimum atomic E-state index is -4.86. The number of rotatable bonds is 4.